The Hall–Kier alpha value is -0.420. The van der Waals surface area contributed by atoms with Crippen molar-refractivity contribution >= 4 is 19.8 Å². The zero-order chi connectivity index (χ0) is 4.41. The number of carbonyl (C=O) groups excluding carboxylic acids is 1. The van der Waals surface area contributed by atoms with Crippen LogP contribution in [0.25, 0.3) is 0 Å². The highest BCUT2D eigenvalue weighted by molar-refractivity contribution is 7.45. The van der Waals surface area contributed by atoms with Crippen molar-refractivity contribution in [3.63, 3.8) is 0 Å². The van der Waals surface area contributed by atoms with E-state index in [2.05, 4.69) is 0 Å². The second kappa shape index (κ2) is 1.36. The van der Waals surface area contributed by atoms with Crippen LogP contribution < -0.4 is 0 Å². The summed E-state index contributed by atoms with van der Waals surface area (Å²) in [5, 5.41) is 0. The Morgan fingerprint density at radius 1 is 1.67 bits per heavy atom. The topological polar surface area (TPSA) is 17.1 Å². The zero-order valence-corrected chi connectivity index (χ0v) is 3.98. The fourth-order valence-corrected chi connectivity index (χ4v) is 0.828. The number of rotatable bonds is 0. The standard InChI is InChI=1S/C4H3OP/c5-4-1-2-6-3-4/h1-3H. The van der Waals surface area contributed by atoms with E-state index >= 15 is 0 Å². The summed E-state index contributed by atoms with van der Waals surface area (Å²) in [6.07, 6.45) is 1.57. The molecule has 30 valence electrons. The lowest BCUT2D eigenvalue weighted by Gasteiger charge is -1.61. The average Bonchev–Trinajstić information content (AvgIpc) is 1.86. The van der Waals surface area contributed by atoms with Crippen LogP contribution in [0.1, 0.15) is 0 Å². The monoisotopic (exact) mass is 98.0 g/mol. The minimum absolute atomic E-state index is 0.136. The van der Waals surface area contributed by atoms with Crippen LogP contribution in [0.3, 0.4) is 0 Å². The van der Waals surface area contributed by atoms with Crippen molar-refractivity contribution in [3.8, 4) is 0 Å². The van der Waals surface area contributed by atoms with Gasteiger partial charge in [-0.15, -0.1) is 0 Å². The molecule has 0 spiro atoms. The fourth-order valence-electron chi connectivity index (χ4n) is 0.276. The van der Waals surface area contributed by atoms with E-state index in [-0.39, 0.29) is 5.78 Å². The number of carbonyl (C=O) groups is 1. The van der Waals surface area contributed by atoms with E-state index in [1.54, 1.807) is 11.9 Å². The lowest BCUT2D eigenvalue weighted by Crippen LogP contribution is -1.83. The molecular weight excluding hydrogens is 95.0 g/mol. The molecule has 1 aliphatic rings. The summed E-state index contributed by atoms with van der Waals surface area (Å²) in [5.41, 5.74) is 0. The van der Waals surface area contributed by atoms with Gasteiger partial charge in [0, 0.05) is 5.80 Å². The Labute approximate surface area is 37.5 Å². The third kappa shape index (κ3) is 0.550. The van der Waals surface area contributed by atoms with Gasteiger partial charge in [0.25, 0.3) is 0 Å². The van der Waals surface area contributed by atoms with Crippen molar-refractivity contribution in [2.24, 2.45) is 0 Å². The average molecular weight is 98.0 g/mol. The molecule has 0 aromatic rings. The van der Waals surface area contributed by atoms with Crippen molar-refractivity contribution in [3.05, 3.63) is 11.9 Å². The molecule has 0 radical (unpaired) electrons. The summed E-state index contributed by atoms with van der Waals surface area (Å²) in [4.78, 5) is 10.1. The number of hydrogen-bond donors (Lipinski definition) is 0. The van der Waals surface area contributed by atoms with Crippen LogP contribution in [0.5, 0.6) is 0 Å². The first kappa shape index (κ1) is 3.76. The van der Waals surface area contributed by atoms with Crippen molar-refractivity contribution in [2.75, 3.05) is 0 Å². The van der Waals surface area contributed by atoms with Gasteiger partial charge in [-0.1, -0.05) is 8.20 Å². The molecule has 0 aliphatic carbocycles. The lowest BCUT2D eigenvalue weighted by atomic mass is 10.5. The molecular formula is C4H3OP. The highest BCUT2D eigenvalue weighted by Gasteiger charge is 1.89. The first-order valence-electron chi connectivity index (χ1n) is 1.63. The molecule has 0 atom stereocenters. The van der Waals surface area contributed by atoms with Crippen molar-refractivity contribution in [2.45, 2.75) is 0 Å². The Kier molecular flexibility index (Phi) is 0.849. The van der Waals surface area contributed by atoms with Gasteiger partial charge in [0.1, 0.15) is 0 Å². The van der Waals surface area contributed by atoms with Crippen LogP contribution in [0.2, 0.25) is 0 Å². The van der Waals surface area contributed by atoms with Crippen molar-refractivity contribution in [1.29, 1.82) is 0 Å². The number of allylic oxidation sites excluding steroid dienone is 1. The van der Waals surface area contributed by atoms with Crippen LogP contribution in [0.15, 0.2) is 11.9 Å². The maximum absolute atomic E-state index is 10.1. The second-order valence-electron chi connectivity index (χ2n) is 0.996. The summed E-state index contributed by atoms with van der Waals surface area (Å²) >= 11 is 0. The van der Waals surface area contributed by atoms with E-state index in [0.717, 1.165) is 8.20 Å². The molecule has 0 unspecified atom stereocenters. The van der Waals surface area contributed by atoms with E-state index in [9.17, 15) is 4.79 Å². The van der Waals surface area contributed by atoms with Gasteiger partial charge in [-0.05, 0) is 11.9 Å². The van der Waals surface area contributed by atoms with Crippen LogP contribution in [-0.2, 0) is 4.79 Å². The number of ketones is 1. The first-order chi connectivity index (χ1) is 2.89. The Balaban J connectivity index is 2.86. The van der Waals surface area contributed by atoms with Crippen LogP contribution in [-0.4, -0.2) is 11.6 Å². The van der Waals surface area contributed by atoms with Crippen LogP contribution >= 0.6 is 8.20 Å². The first-order valence-corrected chi connectivity index (χ1v) is 2.66. The molecule has 0 saturated heterocycles. The molecule has 6 heavy (non-hydrogen) atoms. The van der Waals surface area contributed by atoms with Gasteiger partial charge in [-0.2, -0.15) is 0 Å². The highest BCUT2D eigenvalue weighted by atomic mass is 31.1. The quantitative estimate of drug-likeness (QED) is 0.410. The molecule has 1 aliphatic heterocycles. The van der Waals surface area contributed by atoms with Gasteiger partial charge in [-0.3, -0.25) is 4.79 Å². The SMILES string of the molecule is O=C1C=CP=C1. The Morgan fingerprint density at radius 3 is 2.67 bits per heavy atom. The molecule has 1 nitrogen and oxygen atoms in total. The van der Waals surface area contributed by atoms with Crippen molar-refractivity contribution < 1.29 is 4.79 Å². The maximum Gasteiger partial charge on any atom is 0.183 e. The van der Waals surface area contributed by atoms with Gasteiger partial charge in [0.05, 0.1) is 0 Å². The molecule has 0 bridgehead atoms. The van der Waals surface area contributed by atoms with E-state index < -0.39 is 0 Å². The zero-order valence-electron chi connectivity index (χ0n) is 3.09. The number of hydrogen-bond acceptors (Lipinski definition) is 1. The van der Waals surface area contributed by atoms with E-state index in [0.29, 0.717) is 0 Å². The molecule has 0 aromatic carbocycles. The largest absolute Gasteiger partial charge is 0.290 e. The van der Waals surface area contributed by atoms with E-state index in [1.807, 2.05) is 5.82 Å². The molecule has 0 amide bonds. The maximum atomic E-state index is 10.1. The van der Waals surface area contributed by atoms with E-state index in [4.69, 9.17) is 0 Å². The second-order valence-corrected chi connectivity index (χ2v) is 1.85. The van der Waals surface area contributed by atoms with Crippen LogP contribution in [0.4, 0.5) is 0 Å². The third-order valence-electron chi connectivity index (χ3n) is 0.527. The van der Waals surface area contributed by atoms with Crippen LogP contribution in [0, 0.1) is 0 Å². The summed E-state index contributed by atoms with van der Waals surface area (Å²) < 4.78 is 0. The van der Waals surface area contributed by atoms with Crippen molar-refractivity contribution in [1.82, 2.24) is 0 Å². The summed E-state index contributed by atoms with van der Waals surface area (Å²) in [5.74, 6) is 3.58. The Bertz CT molecular complexity index is 110. The predicted octanol–water partition coefficient (Wildman–Crippen LogP) is 0.831. The van der Waals surface area contributed by atoms with Gasteiger partial charge >= 0.3 is 0 Å². The van der Waals surface area contributed by atoms with Gasteiger partial charge < -0.3 is 0 Å². The normalized spacial score (nSPS) is 19.7. The highest BCUT2D eigenvalue weighted by Crippen LogP contribution is 2.01. The molecule has 1 heterocycles. The van der Waals surface area contributed by atoms with E-state index in [1.165, 1.54) is 0 Å². The molecule has 1 rings (SSSR count). The molecule has 0 N–H and O–H groups in total. The Morgan fingerprint density at radius 2 is 2.50 bits per heavy atom. The molecule has 0 fully saturated rings. The molecule has 2 heteroatoms. The van der Waals surface area contributed by atoms with Gasteiger partial charge in [0.2, 0.25) is 0 Å². The minimum atomic E-state index is 0.136. The summed E-state index contributed by atoms with van der Waals surface area (Å²) in [7, 11) is 1.03. The molecule has 0 aromatic heterocycles. The summed E-state index contributed by atoms with van der Waals surface area (Å²) in [6, 6.07) is 0. The summed E-state index contributed by atoms with van der Waals surface area (Å²) in [6.45, 7) is 0. The fraction of sp³-hybridized carbons (Fsp3) is 0. The molecule has 0 saturated carbocycles. The third-order valence-corrected chi connectivity index (χ3v) is 1.25. The smallest absolute Gasteiger partial charge is 0.183 e. The minimum Gasteiger partial charge on any atom is -0.290 e. The predicted molar refractivity (Wildman–Crippen MR) is 27.1 cm³/mol. The van der Waals surface area contributed by atoms with Gasteiger partial charge in [-0.25, -0.2) is 0 Å². The lowest BCUT2D eigenvalue weighted by molar-refractivity contribution is -0.108. The van der Waals surface area contributed by atoms with Gasteiger partial charge in [0.15, 0.2) is 5.78 Å².